The quantitative estimate of drug-likeness (QED) is 0.780. The maximum absolute atomic E-state index is 11.3. The number of sulfonamides is 1. The normalized spacial score (nSPS) is 13.3. The first-order valence-corrected chi connectivity index (χ1v) is 8.29. The number of nitrogens with one attached hydrogen (secondary N) is 1. The monoisotopic (exact) mass is 285 g/mol. The van der Waals surface area contributed by atoms with Gasteiger partial charge in [0.15, 0.2) is 0 Å². The standard InChI is InChI=1S/C13H23N3O2S/c1-5-16(6-2)12-9-7-8-11(13(12)14)10(3)15-19(4,17)18/h7-10,15H,5-6,14H2,1-4H3. The lowest BCUT2D eigenvalue weighted by Crippen LogP contribution is -2.27. The number of nitrogens with zero attached hydrogens (tertiary/aromatic N) is 1. The zero-order valence-corrected chi connectivity index (χ0v) is 12.8. The number of para-hydroxylation sites is 1. The zero-order valence-electron chi connectivity index (χ0n) is 12.0. The average molecular weight is 285 g/mol. The fourth-order valence-electron chi connectivity index (χ4n) is 2.17. The van der Waals surface area contributed by atoms with Crippen LogP contribution in [0.5, 0.6) is 0 Å². The second-order valence-electron chi connectivity index (χ2n) is 4.56. The van der Waals surface area contributed by atoms with E-state index in [2.05, 4.69) is 23.5 Å². The highest BCUT2D eigenvalue weighted by Gasteiger charge is 2.16. The number of hydrogen-bond acceptors (Lipinski definition) is 4. The molecule has 1 aromatic rings. The van der Waals surface area contributed by atoms with Crippen LogP contribution in [-0.2, 0) is 10.0 Å². The average Bonchev–Trinajstić information content (AvgIpc) is 2.30. The SMILES string of the molecule is CCN(CC)c1cccc(C(C)NS(C)(=O)=O)c1N. The van der Waals surface area contributed by atoms with E-state index < -0.39 is 10.0 Å². The molecule has 5 nitrogen and oxygen atoms in total. The Labute approximate surface area is 115 Å². The highest BCUT2D eigenvalue weighted by Crippen LogP contribution is 2.30. The van der Waals surface area contributed by atoms with Crippen molar-refractivity contribution in [3.63, 3.8) is 0 Å². The Morgan fingerprint density at radius 1 is 1.32 bits per heavy atom. The van der Waals surface area contributed by atoms with Crippen LogP contribution in [0.1, 0.15) is 32.4 Å². The molecule has 0 saturated carbocycles. The number of rotatable bonds is 6. The van der Waals surface area contributed by atoms with Crippen LogP contribution in [0.2, 0.25) is 0 Å². The van der Waals surface area contributed by atoms with Crippen LogP contribution in [0.15, 0.2) is 18.2 Å². The van der Waals surface area contributed by atoms with Crippen molar-refractivity contribution in [2.45, 2.75) is 26.8 Å². The molecule has 0 heterocycles. The number of benzene rings is 1. The predicted molar refractivity (Wildman–Crippen MR) is 80.8 cm³/mol. The fourth-order valence-corrected chi connectivity index (χ4v) is 2.94. The first kappa shape index (κ1) is 15.8. The van der Waals surface area contributed by atoms with Gasteiger partial charge in [-0.25, -0.2) is 13.1 Å². The summed E-state index contributed by atoms with van der Waals surface area (Å²) < 4.78 is 25.1. The molecule has 0 aliphatic heterocycles. The second-order valence-corrected chi connectivity index (χ2v) is 6.34. The Morgan fingerprint density at radius 2 is 1.89 bits per heavy atom. The summed E-state index contributed by atoms with van der Waals surface area (Å²) in [6, 6.07) is 5.37. The largest absolute Gasteiger partial charge is 0.397 e. The lowest BCUT2D eigenvalue weighted by molar-refractivity contribution is 0.573. The summed E-state index contributed by atoms with van der Waals surface area (Å²) in [6.45, 7) is 7.64. The Morgan fingerprint density at radius 3 is 2.37 bits per heavy atom. The third kappa shape index (κ3) is 4.11. The van der Waals surface area contributed by atoms with Gasteiger partial charge in [0, 0.05) is 19.1 Å². The Balaban J connectivity index is 3.13. The number of anilines is 2. The molecule has 0 fully saturated rings. The van der Waals surface area contributed by atoms with Gasteiger partial charge in [-0.3, -0.25) is 0 Å². The molecule has 19 heavy (non-hydrogen) atoms. The van der Waals surface area contributed by atoms with Gasteiger partial charge < -0.3 is 10.6 Å². The molecule has 0 spiro atoms. The van der Waals surface area contributed by atoms with Gasteiger partial charge in [-0.1, -0.05) is 12.1 Å². The Hall–Kier alpha value is -1.27. The molecule has 0 bridgehead atoms. The molecule has 0 aliphatic rings. The summed E-state index contributed by atoms with van der Waals surface area (Å²) >= 11 is 0. The predicted octanol–water partition coefficient (Wildman–Crippen LogP) is 1.73. The molecule has 1 atom stereocenters. The van der Waals surface area contributed by atoms with Crippen molar-refractivity contribution in [3.8, 4) is 0 Å². The van der Waals surface area contributed by atoms with Crippen molar-refractivity contribution in [2.24, 2.45) is 0 Å². The summed E-state index contributed by atoms with van der Waals surface area (Å²) in [7, 11) is -3.25. The van der Waals surface area contributed by atoms with E-state index in [1.165, 1.54) is 0 Å². The van der Waals surface area contributed by atoms with E-state index in [9.17, 15) is 8.42 Å². The molecule has 0 aromatic heterocycles. The van der Waals surface area contributed by atoms with Crippen LogP contribution >= 0.6 is 0 Å². The number of nitrogens with two attached hydrogens (primary N) is 1. The molecular formula is C13H23N3O2S. The Kier molecular flexibility index (Phi) is 5.20. The first-order chi connectivity index (χ1) is 8.80. The molecule has 0 radical (unpaired) electrons. The summed E-state index contributed by atoms with van der Waals surface area (Å²) in [4.78, 5) is 2.14. The van der Waals surface area contributed by atoms with E-state index in [0.717, 1.165) is 30.6 Å². The lowest BCUT2D eigenvalue weighted by Gasteiger charge is -2.25. The molecule has 108 valence electrons. The minimum Gasteiger partial charge on any atom is -0.397 e. The summed E-state index contributed by atoms with van der Waals surface area (Å²) in [6.07, 6.45) is 1.15. The minimum atomic E-state index is -3.25. The first-order valence-electron chi connectivity index (χ1n) is 6.40. The van der Waals surface area contributed by atoms with E-state index in [4.69, 9.17) is 5.73 Å². The zero-order chi connectivity index (χ0) is 14.6. The van der Waals surface area contributed by atoms with Crippen molar-refractivity contribution < 1.29 is 8.42 Å². The lowest BCUT2D eigenvalue weighted by atomic mass is 10.1. The smallest absolute Gasteiger partial charge is 0.209 e. The van der Waals surface area contributed by atoms with E-state index in [1.54, 1.807) is 6.92 Å². The van der Waals surface area contributed by atoms with Gasteiger partial charge in [0.05, 0.1) is 17.6 Å². The molecule has 1 aromatic carbocycles. The maximum Gasteiger partial charge on any atom is 0.209 e. The summed E-state index contributed by atoms with van der Waals surface area (Å²) in [5.74, 6) is 0. The molecule has 3 N–H and O–H groups in total. The van der Waals surface area contributed by atoms with E-state index in [0.29, 0.717) is 5.69 Å². The number of nitrogen functional groups attached to an aromatic ring is 1. The van der Waals surface area contributed by atoms with Crippen LogP contribution in [-0.4, -0.2) is 27.8 Å². The van der Waals surface area contributed by atoms with Crippen molar-refractivity contribution in [1.82, 2.24) is 4.72 Å². The van der Waals surface area contributed by atoms with Gasteiger partial charge in [-0.05, 0) is 32.4 Å². The summed E-state index contributed by atoms with van der Waals surface area (Å²) in [5.41, 5.74) is 8.56. The minimum absolute atomic E-state index is 0.342. The summed E-state index contributed by atoms with van der Waals surface area (Å²) in [5, 5.41) is 0. The van der Waals surface area contributed by atoms with Crippen LogP contribution in [0.3, 0.4) is 0 Å². The van der Waals surface area contributed by atoms with Gasteiger partial charge in [0.1, 0.15) is 0 Å². The maximum atomic E-state index is 11.3. The molecule has 1 unspecified atom stereocenters. The van der Waals surface area contributed by atoms with Gasteiger partial charge in [-0.2, -0.15) is 0 Å². The second kappa shape index (κ2) is 6.25. The third-order valence-corrected chi connectivity index (χ3v) is 3.86. The van der Waals surface area contributed by atoms with E-state index in [1.807, 2.05) is 18.2 Å². The van der Waals surface area contributed by atoms with Gasteiger partial charge >= 0.3 is 0 Å². The van der Waals surface area contributed by atoms with Crippen molar-refractivity contribution in [1.29, 1.82) is 0 Å². The van der Waals surface area contributed by atoms with Crippen molar-refractivity contribution >= 4 is 21.4 Å². The van der Waals surface area contributed by atoms with Gasteiger partial charge in [0.25, 0.3) is 0 Å². The van der Waals surface area contributed by atoms with Crippen molar-refractivity contribution in [2.75, 3.05) is 30.0 Å². The Bertz CT molecular complexity index is 525. The molecule has 6 heteroatoms. The molecule has 0 saturated heterocycles. The third-order valence-electron chi connectivity index (χ3n) is 3.08. The van der Waals surface area contributed by atoms with Crippen LogP contribution < -0.4 is 15.4 Å². The highest BCUT2D eigenvalue weighted by molar-refractivity contribution is 7.88. The topological polar surface area (TPSA) is 75.4 Å². The fraction of sp³-hybridized carbons (Fsp3) is 0.538. The highest BCUT2D eigenvalue weighted by atomic mass is 32.2. The van der Waals surface area contributed by atoms with E-state index >= 15 is 0 Å². The van der Waals surface area contributed by atoms with Gasteiger partial charge in [0.2, 0.25) is 10.0 Å². The number of hydrogen-bond donors (Lipinski definition) is 2. The van der Waals surface area contributed by atoms with Gasteiger partial charge in [-0.15, -0.1) is 0 Å². The van der Waals surface area contributed by atoms with E-state index in [-0.39, 0.29) is 6.04 Å². The van der Waals surface area contributed by atoms with Crippen LogP contribution in [0, 0.1) is 0 Å². The molecule has 0 aliphatic carbocycles. The van der Waals surface area contributed by atoms with Crippen LogP contribution in [0.4, 0.5) is 11.4 Å². The van der Waals surface area contributed by atoms with Crippen LogP contribution in [0.25, 0.3) is 0 Å². The molecule has 1 rings (SSSR count). The van der Waals surface area contributed by atoms with Crippen molar-refractivity contribution in [3.05, 3.63) is 23.8 Å². The molecular weight excluding hydrogens is 262 g/mol. The molecule has 0 amide bonds.